The van der Waals surface area contributed by atoms with Crippen molar-refractivity contribution in [2.75, 3.05) is 0 Å². The van der Waals surface area contributed by atoms with Crippen molar-refractivity contribution < 1.29 is 49.2 Å². The fourth-order valence-corrected chi connectivity index (χ4v) is 2.60. The molecule has 0 aliphatic heterocycles. The Morgan fingerprint density at radius 2 is 0.848 bits per heavy atom. The molecule has 0 saturated carbocycles. The van der Waals surface area contributed by atoms with Crippen LogP contribution in [0, 0.1) is 5.92 Å². The Bertz CT molecular complexity index is 481. The summed E-state index contributed by atoms with van der Waals surface area (Å²) in [6, 6.07) is 0. The number of unbranched alkanes of at least 4 members (excludes halogenated alkanes) is 11. The number of rotatable bonds is 17. The van der Waals surface area contributed by atoms with Gasteiger partial charge < -0.3 is 15.3 Å². The fourth-order valence-electron chi connectivity index (χ4n) is 2.60. The molecule has 0 spiro atoms. The van der Waals surface area contributed by atoms with Crippen molar-refractivity contribution in [2.45, 2.75) is 118 Å². The molecule has 0 aromatic carbocycles. The third kappa shape index (κ3) is 44.9. The first-order valence-corrected chi connectivity index (χ1v) is 11.9. The standard InChI is InChI=1S/C18H36O2.2C4H6O2.Zn/c1-17(2)15-13-11-9-7-5-3-4-6-8-10-12-14-16-18(19)20;2*1-3(2)4(5)6;/h17H,3-16H2,1-2H3,(H,19,20);2*1H2,2H3,(H,5,6);. The molecular weight excluding hydrogens is 474 g/mol. The molecule has 0 rings (SSSR count). The Balaban J connectivity index is -0.000000266. The van der Waals surface area contributed by atoms with Crippen LogP contribution >= 0.6 is 0 Å². The van der Waals surface area contributed by atoms with E-state index in [2.05, 4.69) is 27.0 Å². The summed E-state index contributed by atoms with van der Waals surface area (Å²) in [5.74, 6) is -1.66. The molecule has 0 radical (unpaired) electrons. The van der Waals surface area contributed by atoms with Gasteiger partial charge in [0.15, 0.2) is 0 Å². The number of hydrogen-bond donors (Lipinski definition) is 3. The average Bonchev–Trinajstić information content (AvgIpc) is 2.68. The second-order valence-electron chi connectivity index (χ2n) is 8.74. The minimum absolute atomic E-state index is 0. The summed E-state index contributed by atoms with van der Waals surface area (Å²) in [5.41, 5.74) is 0.352. The molecule has 0 fully saturated rings. The molecule has 0 bridgehead atoms. The van der Waals surface area contributed by atoms with Crippen LogP contribution in [0.5, 0.6) is 0 Å². The summed E-state index contributed by atoms with van der Waals surface area (Å²) in [5, 5.41) is 24.3. The van der Waals surface area contributed by atoms with E-state index in [0.29, 0.717) is 6.42 Å². The SMILES string of the molecule is C=C(C)C(=O)O.C=C(C)C(=O)O.CC(C)CCCCCCCCCCCCCCC(=O)O.[Zn]. The van der Waals surface area contributed by atoms with E-state index >= 15 is 0 Å². The number of carboxylic acid groups (broad SMARTS) is 3. The van der Waals surface area contributed by atoms with E-state index in [1.54, 1.807) is 0 Å². The zero-order valence-corrected chi connectivity index (χ0v) is 24.6. The maximum atomic E-state index is 10.3. The molecule has 6 nitrogen and oxygen atoms in total. The third-order valence-electron chi connectivity index (χ3n) is 4.65. The van der Waals surface area contributed by atoms with Crippen LogP contribution in [0.15, 0.2) is 24.3 Å². The molecule has 0 aromatic heterocycles. The van der Waals surface area contributed by atoms with Crippen LogP contribution in [-0.2, 0) is 33.9 Å². The van der Waals surface area contributed by atoms with Crippen LogP contribution in [-0.4, -0.2) is 33.2 Å². The summed E-state index contributed by atoms with van der Waals surface area (Å²) in [6.45, 7) is 13.8. The van der Waals surface area contributed by atoms with E-state index in [1.165, 1.54) is 84.5 Å². The smallest absolute Gasteiger partial charge is 0.330 e. The van der Waals surface area contributed by atoms with Crippen LogP contribution in [0.2, 0.25) is 0 Å². The van der Waals surface area contributed by atoms with Gasteiger partial charge in [0.1, 0.15) is 0 Å². The van der Waals surface area contributed by atoms with E-state index in [9.17, 15) is 14.4 Å². The Kier molecular flexibility index (Phi) is 33.5. The van der Waals surface area contributed by atoms with Gasteiger partial charge in [0.2, 0.25) is 0 Å². The minimum Gasteiger partial charge on any atom is -0.481 e. The van der Waals surface area contributed by atoms with E-state index < -0.39 is 17.9 Å². The molecule has 0 atom stereocenters. The topological polar surface area (TPSA) is 112 Å². The maximum Gasteiger partial charge on any atom is 0.330 e. The summed E-state index contributed by atoms with van der Waals surface area (Å²) in [6.07, 6.45) is 17.3. The van der Waals surface area contributed by atoms with Crippen LogP contribution in [0.3, 0.4) is 0 Å². The predicted molar refractivity (Wildman–Crippen MR) is 132 cm³/mol. The maximum absolute atomic E-state index is 10.3. The summed E-state index contributed by atoms with van der Waals surface area (Å²) in [7, 11) is 0. The van der Waals surface area contributed by atoms with E-state index in [4.69, 9.17) is 15.3 Å². The molecule has 0 aromatic rings. The molecule has 33 heavy (non-hydrogen) atoms. The van der Waals surface area contributed by atoms with Gasteiger partial charge in [0, 0.05) is 37.0 Å². The molecule has 0 unspecified atom stereocenters. The first-order valence-electron chi connectivity index (χ1n) is 11.9. The van der Waals surface area contributed by atoms with Gasteiger partial charge in [-0.3, -0.25) is 4.79 Å². The van der Waals surface area contributed by atoms with Gasteiger partial charge in [-0.05, 0) is 26.2 Å². The average molecular weight is 522 g/mol. The van der Waals surface area contributed by atoms with Gasteiger partial charge in [0.05, 0.1) is 0 Å². The van der Waals surface area contributed by atoms with E-state index in [-0.39, 0.29) is 30.6 Å². The van der Waals surface area contributed by atoms with Crippen molar-refractivity contribution >= 4 is 17.9 Å². The van der Waals surface area contributed by atoms with Crippen LogP contribution in [0.25, 0.3) is 0 Å². The first kappa shape index (κ1) is 38.8. The quantitative estimate of drug-likeness (QED) is 0.104. The Morgan fingerprint density at radius 1 is 0.606 bits per heavy atom. The zero-order valence-electron chi connectivity index (χ0n) is 21.7. The second-order valence-corrected chi connectivity index (χ2v) is 8.74. The third-order valence-corrected chi connectivity index (χ3v) is 4.65. The predicted octanol–water partition coefficient (Wildman–Crippen LogP) is 7.48. The first-order chi connectivity index (χ1) is 14.9. The number of carboxylic acids is 3. The molecule has 190 valence electrons. The Hall–Kier alpha value is -1.49. The van der Waals surface area contributed by atoms with Crippen molar-refractivity contribution in [1.29, 1.82) is 0 Å². The van der Waals surface area contributed by atoms with Gasteiger partial charge in [-0.2, -0.15) is 0 Å². The van der Waals surface area contributed by atoms with Crippen LogP contribution < -0.4 is 0 Å². The number of aliphatic carboxylic acids is 3. The van der Waals surface area contributed by atoms with Gasteiger partial charge in [0.25, 0.3) is 0 Å². The van der Waals surface area contributed by atoms with Crippen molar-refractivity contribution in [3.63, 3.8) is 0 Å². The Labute approximate surface area is 214 Å². The fraction of sp³-hybridized carbons (Fsp3) is 0.731. The number of carbonyl (C=O) groups is 3. The summed E-state index contributed by atoms with van der Waals surface area (Å²) in [4.78, 5) is 29.5. The molecule has 0 heterocycles. The van der Waals surface area contributed by atoms with E-state index in [1.807, 2.05) is 0 Å². The monoisotopic (exact) mass is 520 g/mol. The normalized spacial score (nSPS) is 9.48. The molecule has 0 aliphatic rings. The largest absolute Gasteiger partial charge is 0.481 e. The van der Waals surface area contributed by atoms with Gasteiger partial charge in [-0.15, -0.1) is 0 Å². The van der Waals surface area contributed by atoms with Crippen molar-refractivity contribution in [3.8, 4) is 0 Å². The van der Waals surface area contributed by atoms with Gasteiger partial charge >= 0.3 is 17.9 Å². The number of hydrogen-bond acceptors (Lipinski definition) is 3. The van der Waals surface area contributed by atoms with Crippen LogP contribution in [0.1, 0.15) is 118 Å². The van der Waals surface area contributed by atoms with Crippen molar-refractivity contribution in [1.82, 2.24) is 0 Å². The Morgan fingerprint density at radius 3 is 1.06 bits per heavy atom. The van der Waals surface area contributed by atoms with E-state index in [0.717, 1.165) is 18.8 Å². The van der Waals surface area contributed by atoms with Crippen molar-refractivity contribution in [2.24, 2.45) is 5.92 Å². The van der Waals surface area contributed by atoms with Crippen LogP contribution in [0.4, 0.5) is 0 Å². The molecule has 0 aliphatic carbocycles. The zero-order chi connectivity index (χ0) is 25.4. The van der Waals surface area contributed by atoms with Gasteiger partial charge in [-0.1, -0.05) is 104 Å². The minimum atomic E-state index is -0.935. The molecule has 0 saturated heterocycles. The molecule has 0 amide bonds. The molecule has 7 heteroatoms. The molecule has 3 N–H and O–H groups in total. The summed E-state index contributed by atoms with van der Waals surface area (Å²) >= 11 is 0. The van der Waals surface area contributed by atoms with Gasteiger partial charge in [-0.25, -0.2) is 9.59 Å². The van der Waals surface area contributed by atoms with Crippen molar-refractivity contribution in [3.05, 3.63) is 24.3 Å². The second kappa shape index (κ2) is 28.5. The molecular formula is C26H48O6Zn. The summed E-state index contributed by atoms with van der Waals surface area (Å²) < 4.78 is 0.